The summed E-state index contributed by atoms with van der Waals surface area (Å²) >= 11 is 0. The Bertz CT molecular complexity index is 234. The standard InChI is InChI=1S/C14H28N2O/c1-14(2,6-9-17-3)11-15-13-10-16-7-4-12(13)5-8-16/h12-13,15H,4-11H2,1-3H3. The lowest BCUT2D eigenvalue weighted by molar-refractivity contribution is 0.0647. The zero-order chi connectivity index (χ0) is 12.3. The minimum Gasteiger partial charge on any atom is -0.385 e. The maximum absolute atomic E-state index is 5.18. The van der Waals surface area contributed by atoms with Crippen LogP contribution in [0.15, 0.2) is 0 Å². The monoisotopic (exact) mass is 240 g/mol. The van der Waals surface area contributed by atoms with Crippen molar-refractivity contribution in [3.05, 3.63) is 0 Å². The van der Waals surface area contributed by atoms with Gasteiger partial charge in [-0.15, -0.1) is 0 Å². The summed E-state index contributed by atoms with van der Waals surface area (Å²) < 4.78 is 5.18. The zero-order valence-electron chi connectivity index (χ0n) is 11.7. The van der Waals surface area contributed by atoms with Crippen molar-refractivity contribution in [2.45, 2.75) is 39.2 Å². The number of fused-ring (bicyclic) bond motifs is 3. The lowest BCUT2D eigenvalue weighted by atomic mass is 9.82. The van der Waals surface area contributed by atoms with Crippen LogP contribution in [0.4, 0.5) is 0 Å². The van der Waals surface area contributed by atoms with Crippen LogP contribution in [0, 0.1) is 11.3 Å². The zero-order valence-corrected chi connectivity index (χ0v) is 11.7. The molecule has 3 heteroatoms. The van der Waals surface area contributed by atoms with Gasteiger partial charge in [-0.2, -0.15) is 0 Å². The van der Waals surface area contributed by atoms with Crippen molar-refractivity contribution in [1.29, 1.82) is 0 Å². The number of nitrogens with one attached hydrogen (secondary N) is 1. The van der Waals surface area contributed by atoms with Crippen molar-refractivity contribution in [2.24, 2.45) is 11.3 Å². The summed E-state index contributed by atoms with van der Waals surface area (Å²) in [4.78, 5) is 2.61. The number of piperidine rings is 3. The molecule has 3 aliphatic heterocycles. The summed E-state index contributed by atoms with van der Waals surface area (Å²) in [5, 5.41) is 3.80. The second-order valence-electron chi connectivity index (χ2n) is 6.53. The molecule has 0 aromatic rings. The Kier molecular flexibility index (Phi) is 4.45. The Morgan fingerprint density at radius 1 is 1.29 bits per heavy atom. The van der Waals surface area contributed by atoms with Gasteiger partial charge in [0.2, 0.25) is 0 Å². The molecule has 1 N–H and O–H groups in total. The molecule has 0 aromatic heterocycles. The maximum atomic E-state index is 5.18. The lowest BCUT2D eigenvalue weighted by Gasteiger charge is -2.46. The summed E-state index contributed by atoms with van der Waals surface area (Å²) in [6.45, 7) is 10.6. The Labute approximate surface area is 106 Å². The Morgan fingerprint density at radius 3 is 2.53 bits per heavy atom. The third-order valence-corrected chi connectivity index (χ3v) is 4.48. The van der Waals surface area contributed by atoms with Crippen LogP contribution in [0.5, 0.6) is 0 Å². The van der Waals surface area contributed by atoms with Crippen LogP contribution in [0.25, 0.3) is 0 Å². The van der Waals surface area contributed by atoms with Crippen LogP contribution in [0.1, 0.15) is 33.1 Å². The van der Waals surface area contributed by atoms with Gasteiger partial charge in [0, 0.05) is 32.8 Å². The topological polar surface area (TPSA) is 24.5 Å². The first kappa shape index (κ1) is 13.3. The van der Waals surface area contributed by atoms with Gasteiger partial charge in [-0.1, -0.05) is 13.8 Å². The third kappa shape index (κ3) is 3.67. The number of rotatable bonds is 6. The summed E-state index contributed by atoms with van der Waals surface area (Å²) in [6, 6.07) is 0.735. The normalized spacial score (nSPS) is 33.0. The van der Waals surface area contributed by atoms with Gasteiger partial charge in [0.05, 0.1) is 0 Å². The summed E-state index contributed by atoms with van der Waals surface area (Å²) in [5.41, 5.74) is 0.349. The molecule has 3 nitrogen and oxygen atoms in total. The van der Waals surface area contributed by atoms with Gasteiger partial charge < -0.3 is 15.0 Å². The molecule has 3 saturated heterocycles. The quantitative estimate of drug-likeness (QED) is 0.765. The molecular weight excluding hydrogens is 212 g/mol. The van der Waals surface area contributed by atoms with E-state index in [1.54, 1.807) is 7.11 Å². The molecule has 3 aliphatic rings. The average Bonchev–Trinajstić information content (AvgIpc) is 2.36. The van der Waals surface area contributed by atoms with Crippen LogP contribution in [0.3, 0.4) is 0 Å². The Hall–Kier alpha value is -0.120. The highest BCUT2D eigenvalue weighted by Gasteiger charge is 2.34. The maximum Gasteiger partial charge on any atom is 0.0467 e. The van der Waals surface area contributed by atoms with E-state index in [9.17, 15) is 0 Å². The van der Waals surface area contributed by atoms with Crippen molar-refractivity contribution in [2.75, 3.05) is 39.9 Å². The minimum absolute atomic E-state index is 0.349. The number of methoxy groups -OCH3 is 1. The fourth-order valence-electron chi connectivity index (χ4n) is 3.07. The minimum atomic E-state index is 0.349. The molecule has 3 fully saturated rings. The first-order valence-electron chi connectivity index (χ1n) is 7.05. The van der Waals surface area contributed by atoms with E-state index in [1.165, 1.54) is 32.5 Å². The number of hydrogen-bond acceptors (Lipinski definition) is 3. The van der Waals surface area contributed by atoms with Crippen LogP contribution in [-0.2, 0) is 4.74 Å². The van der Waals surface area contributed by atoms with E-state index in [1.807, 2.05) is 0 Å². The van der Waals surface area contributed by atoms with Gasteiger partial charge in [0.25, 0.3) is 0 Å². The summed E-state index contributed by atoms with van der Waals surface area (Å²) in [7, 11) is 1.79. The van der Waals surface area contributed by atoms with Gasteiger partial charge in [-0.05, 0) is 43.7 Å². The SMILES string of the molecule is COCCC(C)(C)CNC1CN2CCC1CC2. The van der Waals surface area contributed by atoms with E-state index >= 15 is 0 Å². The number of ether oxygens (including phenoxy) is 1. The smallest absolute Gasteiger partial charge is 0.0467 e. The highest BCUT2D eigenvalue weighted by Crippen LogP contribution is 2.28. The van der Waals surface area contributed by atoms with Crippen molar-refractivity contribution >= 4 is 0 Å². The molecule has 100 valence electrons. The molecule has 1 atom stereocenters. The fourth-order valence-corrected chi connectivity index (χ4v) is 3.07. The second kappa shape index (κ2) is 5.68. The van der Waals surface area contributed by atoms with E-state index in [0.717, 1.165) is 31.5 Å². The molecule has 0 amide bonds. The first-order valence-corrected chi connectivity index (χ1v) is 7.05. The van der Waals surface area contributed by atoms with E-state index in [-0.39, 0.29) is 0 Å². The largest absolute Gasteiger partial charge is 0.385 e. The molecule has 0 radical (unpaired) electrons. The van der Waals surface area contributed by atoms with Crippen molar-refractivity contribution < 1.29 is 4.74 Å². The molecule has 0 spiro atoms. The molecule has 0 saturated carbocycles. The van der Waals surface area contributed by atoms with E-state index in [2.05, 4.69) is 24.1 Å². The molecule has 1 unspecified atom stereocenters. The second-order valence-corrected chi connectivity index (χ2v) is 6.53. The molecular formula is C14H28N2O. The van der Waals surface area contributed by atoms with Crippen LogP contribution in [-0.4, -0.2) is 50.8 Å². The molecule has 3 heterocycles. The van der Waals surface area contributed by atoms with Crippen LogP contribution < -0.4 is 5.32 Å². The average molecular weight is 240 g/mol. The van der Waals surface area contributed by atoms with Gasteiger partial charge in [0.1, 0.15) is 0 Å². The Morgan fingerprint density at radius 2 is 2.00 bits per heavy atom. The van der Waals surface area contributed by atoms with Gasteiger partial charge in [-0.25, -0.2) is 0 Å². The van der Waals surface area contributed by atoms with Crippen molar-refractivity contribution in [1.82, 2.24) is 10.2 Å². The van der Waals surface area contributed by atoms with E-state index in [0.29, 0.717) is 5.41 Å². The highest BCUT2D eigenvalue weighted by molar-refractivity contribution is 4.91. The van der Waals surface area contributed by atoms with Gasteiger partial charge >= 0.3 is 0 Å². The predicted molar refractivity (Wildman–Crippen MR) is 71.2 cm³/mol. The van der Waals surface area contributed by atoms with Crippen LogP contribution in [0.2, 0.25) is 0 Å². The van der Waals surface area contributed by atoms with Crippen molar-refractivity contribution in [3.8, 4) is 0 Å². The van der Waals surface area contributed by atoms with Crippen LogP contribution >= 0.6 is 0 Å². The third-order valence-electron chi connectivity index (χ3n) is 4.48. The van der Waals surface area contributed by atoms with Gasteiger partial charge in [0.15, 0.2) is 0 Å². The molecule has 3 rings (SSSR count). The van der Waals surface area contributed by atoms with E-state index in [4.69, 9.17) is 4.74 Å². The predicted octanol–water partition coefficient (Wildman–Crippen LogP) is 1.73. The van der Waals surface area contributed by atoms with Gasteiger partial charge in [-0.3, -0.25) is 0 Å². The van der Waals surface area contributed by atoms with Crippen molar-refractivity contribution in [3.63, 3.8) is 0 Å². The number of nitrogens with zero attached hydrogens (tertiary/aromatic N) is 1. The highest BCUT2D eigenvalue weighted by atomic mass is 16.5. The molecule has 2 bridgehead atoms. The lowest BCUT2D eigenvalue weighted by Crippen LogP contribution is -2.57. The Balaban J connectivity index is 1.74. The fraction of sp³-hybridized carbons (Fsp3) is 1.00. The summed E-state index contributed by atoms with van der Waals surface area (Å²) in [5.74, 6) is 0.929. The first-order chi connectivity index (χ1) is 8.11. The molecule has 0 aromatic carbocycles. The molecule has 0 aliphatic carbocycles. The molecule has 17 heavy (non-hydrogen) atoms. The number of hydrogen-bond donors (Lipinski definition) is 1. The summed E-state index contributed by atoms with van der Waals surface area (Å²) in [6.07, 6.45) is 3.93. The van der Waals surface area contributed by atoms with E-state index < -0.39 is 0 Å².